The van der Waals surface area contributed by atoms with Crippen molar-refractivity contribution < 1.29 is 9.84 Å². The highest BCUT2D eigenvalue weighted by Gasteiger charge is 2.29. The molecule has 2 N–H and O–H groups in total. The Morgan fingerprint density at radius 1 is 1.50 bits per heavy atom. The molecule has 2 rings (SSSR count). The molecule has 1 aromatic rings. The van der Waals surface area contributed by atoms with E-state index in [9.17, 15) is 5.11 Å². The third-order valence-corrected chi connectivity index (χ3v) is 2.54. The zero-order valence-corrected chi connectivity index (χ0v) is 8.29. The van der Waals surface area contributed by atoms with Crippen molar-refractivity contribution in [3.05, 3.63) is 29.8 Å². The molecule has 0 saturated carbocycles. The van der Waals surface area contributed by atoms with Crippen molar-refractivity contribution in [2.24, 2.45) is 0 Å². The molecule has 76 valence electrons. The van der Waals surface area contributed by atoms with Crippen molar-refractivity contribution in [2.45, 2.75) is 19.1 Å². The Bertz CT molecular complexity index is 319. The summed E-state index contributed by atoms with van der Waals surface area (Å²) >= 11 is 0. The second kappa shape index (κ2) is 3.59. The van der Waals surface area contributed by atoms with Gasteiger partial charge in [-0.1, -0.05) is 18.2 Å². The van der Waals surface area contributed by atoms with Crippen LogP contribution in [0, 0.1) is 0 Å². The molecule has 0 aliphatic carbocycles. The average molecular weight is 193 g/mol. The number of nitrogens with one attached hydrogen (secondary N) is 1. The van der Waals surface area contributed by atoms with Crippen LogP contribution >= 0.6 is 0 Å². The van der Waals surface area contributed by atoms with Crippen LogP contribution in [0.2, 0.25) is 0 Å². The van der Waals surface area contributed by atoms with Gasteiger partial charge in [-0.25, -0.2) is 0 Å². The van der Waals surface area contributed by atoms with E-state index in [1.54, 1.807) is 6.07 Å². The zero-order valence-electron chi connectivity index (χ0n) is 8.29. The molecule has 1 unspecified atom stereocenters. The monoisotopic (exact) mass is 193 g/mol. The molecule has 0 spiro atoms. The zero-order chi connectivity index (χ0) is 10.0. The molecular formula is C11H15NO2. The largest absolute Gasteiger partial charge is 0.508 e. The molecule has 1 heterocycles. The average Bonchev–Trinajstić information content (AvgIpc) is 2.57. The Morgan fingerprint density at radius 2 is 2.29 bits per heavy atom. The molecular weight excluding hydrogens is 178 g/mol. The Hall–Kier alpha value is -1.06. The Labute approximate surface area is 83.7 Å². The van der Waals surface area contributed by atoms with E-state index in [0.717, 1.165) is 18.7 Å². The van der Waals surface area contributed by atoms with Crippen molar-refractivity contribution >= 4 is 0 Å². The Morgan fingerprint density at radius 3 is 2.93 bits per heavy atom. The molecule has 1 aliphatic heterocycles. The molecule has 1 aliphatic rings. The summed E-state index contributed by atoms with van der Waals surface area (Å²) in [7, 11) is 0. The van der Waals surface area contributed by atoms with Gasteiger partial charge in [0.25, 0.3) is 0 Å². The van der Waals surface area contributed by atoms with Crippen LogP contribution in [0.4, 0.5) is 0 Å². The standard InChI is InChI=1S/C11H15NO2/c1-11(12-6-7-14-11)8-9-4-2-3-5-10(9)13/h2-5,12-13H,6-8H2,1H3. The van der Waals surface area contributed by atoms with Gasteiger partial charge < -0.3 is 9.84 Å². The summed E-state index contributed by atoms with van der Waals surface area (Å²) in [6, 6.07) is 7.37. The molecule has 14 heavy (non-hydrogen) atoms. The van der Waals surface area contributed by atoms with Crippen molar-refractivity contribution in [2.75, 3.05) is 13.2 Å². The van der Waals surface area contributed by atoms with Crippen molar-refractivity contribution in [1.82, 2.24) is 5.32 Å². The van der Waals surface area contributed by atoms with Crippen LogP contribution in [0.3, 0.4) is 0 Å². The predicted molar refractivity (Wildman–Crippen MR) is 54.2 cm³/mol. The number of phenols is 1. The minimum atomic E-state index is -0.321. The molecule has 0 bridgehead atoms. The topological polar surface area (TPSA) is 41.5 Å². The number of hydrogen-bond acceptors (Lipinski definition) is 3. The van der Waals surface area contributed by atoms with Crippen LogP contribution in [0.15, 0.2) is 24.3 Å². The molecule has 0 radical (unpaired) electrons. The fourth-order valence-corrected chi connectivity index (χ4v) is 1.78. The van der Waals surface area contributed by atoms with Gasteiger partial charge in [-0.05, 0) is 18.6 Å². The summed E-state index contributed by atoms with van der Waals surface area (Å²) in [5, 5.41) is 12.9. The first-order valence-corrected chi connectivity index (χ1v) is 4.85. The second-order valence-corrected chi connectivity index (χ2v) is 3.81. The maximum atomic E-state index is 9.60. The highest BCUT2D eigenvalue weighted by atomic mass is 16.5. The highest BCUT2D eigenvalue weighted by Crippen LogP contribution is 2.23. The van der Waals surface area contributed by atoms with E-state index >= 15 is 0 Å². The van der Waals surface area contributed by atoms with E-state index in [1.165, 1.54) is 0 Å². The predicted octanol–water partition coefficient (Wildman–Crippen LogP) is 1.27. The van der Waals surface area contributed by atoms with Crippen LogP contribution in [-0.2, 0) is 11.2 Å². The van der Waals surface area contributed by atoms with Gasteiger partial charge in [0.15, 0.2) is 0 Å². The first-order chi connectivity index (χ1) is 6.70. The van der Waals surface area contributed by atoms with Gasteiger partial charge in [0.1, 0.15) is 11.5 Å². The second-order valence-electron chi connectivity index (χ2n) is 3.81. The minimum absolute atomic E-state index is 0.321. The number of benzene rings is 1. The number of rotatable bonds is 2. The summed E-state index contributed by atoms with van der Waals surface area (Å²) in [5.74, 6) is 0.339. The lowest BCUT2D eigenvalue weighted by atomic mass is 10.0. The number of aromatic hydroxyl groups is 1. The quantitative estimate of drug-likeness (QED) is 0.743. The molecule has 1 atom stereocenters. The highest BCUT2D eigenvalue weighted by molar-refractivity contribution is 5.32. The Balaban J connectivity index is 2.14. The van der Waals surface area contributed by atoms with Gasteiger partial charge in [0.05, 0.1) is 6.61 Å². The van der Waals surface area contributed by atoms with Crippen LogP contribution in [0.5, 0.6) is 5.75 Å². The molecule has 1 saturated heterocycles. The maximum absolute atomic E-state index is 9.60. The molecule has 1 aromatic carbocycles. The molecule has 0 aromatic heterocycles. The number of ether oxygens (including phenoxy) is 1. The van der Waals surface area contributed by atoms with Crippen molar-refractivity contribution in [3.8, 4) is 5.75 Å². The minimum Gasteiger partial charge on any atom is -0.508 e. The summed E-state index contributed by atoms with van der Waals surface area (Å²) < 4.78 is 5.58. The van der Waals surface area contributed by atoms with Gasteiger partial charge in [-0.2, -0.15) is 0 Å². The summed E-state index contributed by atoms with van der Waals surface area (Å²) in [4.78, 5) is 0. The van der Waals surface area contributed by atoms with Gasteiger partial charge in [-0.3, -0.25) is 5.32 Å². The van der Waals surface area contributed by atoms with Crippen molar-refractivity contribution in [3.63, 3.8) is 0 Å². The van der Waals surface area contributed by atoms with E-state index in [1.807, 2.05) is 25.1 Å². The van der Waals surface area contributed by atoms with Crippen molar-refractivity contribution in [1.29, 1.82) is 0 Å². The number of para-hydroxylation sites is 1. The van der Waals surface area contributed by atoms with Gasteiger partial charge in [0.2, 0.25) is 0 Å². The van der Waals surface area contributed by atoms with E-state index in [4.69, 9.17) is 4.74 Å². The number of phenolic OH excluding ortho intramolecular Hbond substituents is 1. The van der Waals surface area contributed by atoms with Gasteiger partial charge in [-0.15, -0.1) is 0 Å². The molecule has 3 nitrogen and oxygen atoms in total. The van der Waals surface area contributed by atoms with Gasteiger partial charge in [0, 0.05) is 13.0 Å². The van der Waals surface area contributed by atoms with E-state index in [2.05, 4.69) is 5.32 Å². The first-order valence-electron chi connectivity index (χ1n) is 4.85. The van der Waals surface area contributed by atoms with E-state index in [0.29, 0.717) is 12.2 Å². The summed E-state index contributed by atoms with van der Waals surface area (Å²) in [6.07, 6.45) is 0.694. The summed E-state index contributed by atoms with van der Waals surface area (Å²) in [6.45, 7) is 3.63. The van der Waals surface area contributed by atoms with Crippen LogP contribution in [-0.4, -0.2) is 24.0 Å². The molecule has 0 amide bonds. The fraction of sp³-hybridized carbons (Fsp3) is 0.455. The number of hydrogen-bond donors (Lipinski definition) is 2. The van der Waals surface area contributed by atoms with E-state index in [-0.39, 0.29) is 5.72 Å². The molecule has 3 heteroatoms. The lowest BCUT2D eigenvalue weighted by Crippen LogP contribution is -2.39. The SMILES string of the molecule is CC1(Cc2ccccc2O)NCCO1. The smallest absolute Gasteiger partial charge is 0.120 e. The third-order valence-electron chi connectivity index (χ3n) is 2.54. The lowest BCUT2D eigenvalue weighted by Gasteiger charge is -2.23. The first kappa shape index (κ1) is 9.49. The van der Waals surface area contributed by atoms with Crippen LogP contribution in [0.1, 0.15) is 12.5 Å². The summed E-state index contributed by atoms with van der Waals surface area (Å²) in [5.41, 5.74) is 0.600. The Kier molecular flexibility index (Phi) is 2.44. The normalized spacial score (nSPS) is 26.6. The fourth-order valence-electron chi connectivity index (χ4n) is 1.78. The van der Waals surface area contributed by atoms with Crippen LogP contribution in [0.25, 0.3) is 0 Å². The van der Waals surface area contributed by atoms with Crippen LogP contribution < -0.4 is 5.32 Å². The molecule has 1 fully saturated rings. The van der Waals surface area contributed by atoms with E-state index < -0.39 is 0 Å². The van der Waals surface area contributed by atoms with Gasteiger partial charge >= 0.3 is 0 Å². The lowest BCUT2D eigenvalue weighted by molar-refractivity contribution is 0.00661. The third kappa shape index (κ3) is 1.89. The maximum Gasteiger partial charge on any atom is 0.120 e.